The number of fused-ring (bicyclic) bond motifs is 1. The van der Waals surface area contributed by atoms with Gasteiger partial charge in [-0.3, -0.25) is 14.3 Å². The van der Waals surface area contributed by atoms with Crippen molar-refractivity contribution in [2.75, 3.05) is 6.54 Å². The fourth-order valence-corrected chi connectivity index (χ4v) is 4.62. The van der Waals surface area contributed by atoms with Crippen molar-refractivity contribution in [2.24, 2.45) is 18.7 Å². The number of nitrogens with two attached hydrogens (primary N) is 1. The number of rotatable bonds is 5. The summed E-state index contributed by atoms with van der Waals surface area (Å²) in [5, 5.41) is 0.0372. The minimum Gasteiger partial charge on any atom is -0.329 e. The van der Waals surface area contributed by atoms with Gasteiger partial charge in [0.1, 0.15) is 10.5 Å². The van der Waals surface area contributed by atoms with Crippen LogP contribution in [0, 0.1) is 5.92 Å². The minimum atomic E-state index is -3.87. The lowest BCUT2D eigenvalue weighted by atomic mass is 9.99. The Morgan fingerprint density at radius 3 is 2.65 bits per heavy atom. The highest BCUT2D eigenvalue weighted by Gasteiger charge is 2.28. The molecule has 1 atom stereocenters. The molecular weight excluding hydrogens is 382 g/mol. The molecule has 26 heavy (non-hydrogen) atoms. The predicted octanol–water partition coefficient (Wildman–Crippen LogP) is -0.161. The number of halogens is 1. The highest BCUT2D eigenvalue weighted by atomic mass is 35.5. The van der Waals surface area contributed by atoms with E-state index < -0.39 is 21.3 Å². The Bertz CT molecular complexity index is 1010. The van der Waals surface area contributed by atoms with Crippen LogP contribution < -0.4 is 21.7 Å². The van der Waals surface area contributed by atoms with Gasteiger partial charge < -0.3 is 5.73 Å². The number of aromatic amines is 1. The first kappa shape index (κ1) is 20.6. The molecule has 0 bridgehead atoms. The monoisotopic (exact) mass is 403 g/mol. The van der Waals surface area contributed by atoms with Crippen LogP contribution in [0.4, 0.5) is 0 Å². The number of H-pyrrole nitrogens is 1. The van der Waals surface area contributed by atoms with Gasteiger partial charge in [-0.2, -0.15) is 0 Å². The number of aryl methyl sites for hydroxylation is 1. The Hall–Kier alpha value is -1.75. The lowest BCUT2D eigenvalue weighted by Gasteiger charge is -2.23. The maximum Gasteiger partial charge on any atom is 0.329 e. The van der Waals surface area contributed by atoms with Crippen molar-refractivity contribution in [1.29, 1.82) is 0 Å². The van der Waals surface area contributed by atoms with Gasteiger partial charge >= 0.3 is 5.69 Å². The van der Waals surface area contributed by atoms with Crippen LogP contribution in [0.25, 0.3) is 11.0 Å². The Morgan fingerprint density at radius 1 is 1.38 bits per heavy atom. The van der Waals surface area contributed by atoms with Gasteiger partial charge in [0.05, 0.1) is 5.39 Å². The van der Waals surface area contributed by atoms with Crippen LogP contribution in [0.2, 0.25) is 0 Å². The van der Waals surface area contributed by atoms with E-state index in [0.717, 1.165) is 36.4 Å². The number of hydrogen-bond acceptors (Lipinski definition) is 6. The largest absolute Gasteiger partial charge is 0.329 e. The molecule has 0 saturated heterocycles. The van der Waals surface area contributed by atoms with Crippen molar-refractivity contribution in [3.05, 3.63) is 33.1 Å². The quantitative estimate of drug-likeness (QED) is 0.633. The molecule has 1 aliphatic carbocycles. The summed E-state index contributed by atoms with van der Waals surface area (Å²) in [4.78, 5) is 29.6. The molecule has 0 radical (unpaired) electrons. The lowest BCUT2D eigenvalue weighted by Crippen LogP contribution is -2.44. The smallest absolute Gasteiger partial charge is 0.329 e. The predicted molar refractivity (Wildman–Crippen MR) is 100.0 cm³/mol. The zero-order valence-corrected chi connectivity index (χ0v) is 15.9. The summed E-state index contributed by atoms with van der Waals surface area (Å²) in [6.07, 6.45) is 5.18. The maximum absolute atomic E-state index is 12.7. The molecule has 4 N–H and O–H groups in total. The average molecular weight is 404 g/mol. The Kier molecular flexibility index (Phi) is 6.22. The lowest BCUT2D eigenvalue weighted by molar-refractivity contribution is 0.405. The van der Waals surface area contributed by atoms with Crippen LogP contribution in [-0.2, 0) is 17.1 Å². The van der Waals surface area contributed by atoms with E-state index in [1.807, 2.05) is 0 Å². The molecular formula is C15H22ClN5O4S. The second kappa shape index (κ2) is 7.87. The van der Waals surface area contributed by atoms with Crippen LogP contribution >= 0.6 is 12.4 Å². The number of nitrogens with zero attached hydrogens (tertiary/aromatic N) is 2. The summed E-state index contributed by atoms with van der Waals surface area (Å²) >= 11 is 0. The molecule has 3 rings (SSSR count). The third-order valence-electron chi connectivity index (χ3n) is 4.77. The molecule has 1 fully saturated rings. The van der Waals surface area contributed by atoms with Gasteiger partial charge in [-0.1, -0.05) is 12.8 Å². The van der Waals surface area contributed by atoms with E-state index in [4.69, 9.17) is 5.73 Å². The minimum absolute atomic E-state index is 0. The maximum atomic E-state index is 12.7. The third-order valence-corrected chi connectivity index (χ3v) is 6.23. The van der Waals surface area contributed by atoms with Crippen LogP contribution in [0.1, 0.15) is 25.7 Å². The molecule has 2 aromatic heterocycles. The van der Waals surface area contributed by atoms with Crippen molar-refractivity contribution in [1.82, 2.24) is 19.3 Å². The number of pyridine rings is 1. The first-order valence-electron chi connectivity index (χ1n) is 8.15. The highest BCUT2D eigenvalue weighted by Crippen LogP contribution is 2.28. The van der Waals surface area contributed by atoms with Crippen LogP contribution in [0.3, 0.4) is 0 Å². The van der Waals surface area contributed by atoms with E-state index >= 15 is 0 Å². The van der Waals surface area contributed by atoms with Crippen molar-refractivity contribution in [2.45, 2.75) is 36.6 Å². The molecule has 0 aromatic carbocycles. The molecule has 9 nitrogen and oxygen atoms in total. The summed E-state index contributed by atoms with van der Waals surface area (Å²) in [5.74, 6) is 0.220. The molecule has 11 heteroatoms. The van der Waals surface area contributed by atoms with E-state index in [-0.39, 0.29) is 46.8 Å². The summed E-state index contributed by atoms with van der Waals surface area (Å²) in [5.41, 5.74) is 4.60. The standard InChI is InChI=1S/C15H21N5O4S.ClH/c1-20-13-11(14(21)18-15(20)22)6-10(8-17-13)25(23,24)19-12(7-16)9-4-2-3-5-9;/h6,8-9,12,19H,2-5,7,16H2,1H3,(H,18,21,22);1H. The molecule has 0 aliphatic heterocycles. The molecule has 0 spiro atoms. The van der Waals surface area contributed by atoms with Crippen molar-refractivity contribution in [3.8, 4) is 0 Å². The molecule has 0 amide bonds. The van der Waals surface area contributed by atoms with E-state index in [1.165, 1.54) is 13.1 Å². The second-order valence-electron chi connectivity index (χ2n) is 6.37. The first-order chi connectivity index (χ1) is 11.8. The SMILES string of the molecule is Cl.Cn1c(=O)[nH]c(=O)c2cc(S(=O)(=O)NC(CN)C3CCCC3)cnc21. The Morgan fingerprint density at radius 2 is 2.04 bits per heavy atom. The molecule has 144 valence electrons. The summed E-state index contributed by atoms with van der Waals surface area (Å²) < 4.78 is 29.1. The number of aromatic nitrogens is 3. The number of sulfonamides is 1. The fourth-order valence-electron chi connectivity index (χ4n) is 3.33. The number of hydrogen-bond donors (Lipinski definition) is 3. The second-order valence-corrected chi connectivity index (χ2v) is 8.08. The van der Waals surface area contributed by atoms with Gasteiger partial charge in [-0.25, -0.2) is 22.9 Å². The fraction of sp³-hybridized carbons (Fsp3) is 0.533. The van der Waals surface area contributed by atoms with Crippen LogP contribution in [0.15, 0.2) is 26.7 Å². The Balaban J connectivity index is 0.00000243. The first-order valence-corrected chi connectivity index (χ1v) is 9.63. The van der Waals surface area contributed by atoms with E-state index in [0.29, 0.717) is 0 Å². The summed E-state index contributed by atoms with van der Waals surface area (Å²) in [6.45, 7) is 0.208. The Labute approximate surface area is 156 Å². The summed E-state index contributed by atoms with van der Waals surface area (Å²) in [6, 6.07) is 0.882. The topological polar surface area (TPSA) is 140 Å². The van der Waals surface area contributed by atoms with Gasteiger partial charge in [-0.15, -0.1) is 12.4 Å². The third kappa shape index (κ3) is 3.83. The zero-order chi connectivity index (χ0) is 18.2. The van der Waals surface area contributed by atoms with E-state index in [2.05, 4.69) is 14.7 Å². The molecule has 1 unspecified atom stereocenters. The number of nitrogens with one attached hydrogen (secondary N) is 2. The van der Waals surface area contributed by atoms with E-state index in [1.54, 1.807) is 0 Å². The average Bonchev–Trinajstić information content (AvgIpc) is 3.11. The van der Waals surface area contributed by atoms with E-state index in [9.17, 15) is 18.0 Å². The van der Waals surface area contributed by atoms with Crippen LogP contribution in [0.5, 0.6) is 0 Å². The van der Waals surface area contributed by atoms with Gasteiger partial charge in [0.25, 0.3) is 5.56 Å². The van der Waals surface area contributed by atoms with Crippen LogP contribution in [-0.4, -0.2) is 35.5 Å². The van der Waals surface area contributed by atoms with Gasteiger partial charge in [0.15, 0.2) is 0 Å². The molecule has 1 aliphatic rings. The van der Waals surface area contributed by atoms with Crippen molar-refractivity contribution in [3.63, 3.8) is 0 Å². The summed E-state index contributed by atoms with van der Waals surface area (Å²) in [7, 11) is -2.42. The van der Waals surface area contributed by atoms with Crippen molar-refractivity contribution < 1.29 is 8.42 Å². The van der Waals surface area contributed by atoms with Gasteiger partial charge in [0.2, 0.25) is 10.0 Å². The highest BCUT2D eigenvalue weighted by molar-refractivity contribution is 7.89. The zero-order valence-electron chi connectivity index (χ0n) is 14.3. The van der Waals surface area contributed by atoms with Gasteiger partial charge in [0, 0.05) is 25.8 Å². The normalized spacial score (nSPS) is 16.5. The van der Waals surface area contributed by atoms with Gasteiger partial charge in [-0.05, 0) is 24.8 Å². The van der Waals surface area contributed by atoms with Crippen molar-refractivity contribution >= 4 is 33.5 Å². The molecule has 2 aromatic rings. The molecule has 1 saturated carbocycles. The molecule has 2 heterocycles.